The number of piperidine rings is 1. The number of hydrogen-bond acceptors (Lipinski definition) is 3. The second-order valence-corrected chi connectivity index (χ2v) is 8.18. The largest absolute Gasteiger partial charge is 0.357 e. The van der Waals surface area contributed by atoms with Crippen LogP contribution >= 0.6 is 11.6 Å². The van der Waals surface area contributed by atoms with Crippen LogP contribution in [0, 0.1) is 5.82 Å². The van der Waals surface area contributed by atoms with Gasteiger partial charge in [0, 0.05) is 49.2 Å². The molecule has 0 unspecified atom stereocenters. The summed E-state index contributed by atoms with van der Waals surface area (Å²) >= 11 is 6.51. The van der Waals surface area contributed by atoms with Gasteiger partial charge in [0.2, 0.25) is 0 Å². The molecule has 0 saturated carbocycles. The third-order valence-corrected chi connectivity index (χ3v) is 6.00. The molecule has 1 aromatic carbocycles. The first-order valence-electron chi connectivity index (χ1n) is 10.3. The highest BCUT2D eigenvalue weighted by Gasteiger charge is 2.16. The Morgan fingerprint density at radius 1 is 0.967 bits per heavy atom. The van der Waals surface area contributed by atoms with E-state index in [1.807, 2.05) is 30.6 Å². The Kier molecular flexibility index (Phi) is 5.13. The van der Waals surface area contributed by atoms with Crippen LogP contribution in [0.3, 0.4) is 0 Å². The molecular formula is C24H22ClFN4. The number of anilines is 1. The maximum absolute atomic E-state index is 13.6. The van der Waals surface area contributed by atoms with Crippen LogP contribution < -0.4 is 4.90 Å². The van der Waals surface area contributed by atoms with Gasteiger partial charge >= 0.3 is 0 Å². The van der Waals surface area contributed by atoms with Crippen molar-refractivity contribution in [3.8, 4) is 11.3 Å². The number of aromatic nitrogens is 3. The van der Waals surface area contributed by atoms with Gasteiger partial charge in [0.05, 0.1) is 16.2 Å². The highest BCUT2D eigenvalue weighted by molar-refractivity contribution is 6.33. The van der Waals surface area contributed by atoms with E-state index in [0.29, 0.717) is 11.6 Å². The van der Waals surface area contributed by atoms with Gasteiger partial charge in [-0.25, -0.2) is 9.37 Å². The predicted octanol–water partition coefficient (Wildman–Crippen LogP) is 5.93. The molecular weight excluding hydrogens is 399 g/mol. The lowest BCUT2D eigenvalue weighted by molar-refractivity contribution is 0.573. The van der Waals surface area contributed by atoms with Crippen LogP contribution in [0.1, 0.15) is 24.8 Å². The van der Waals surface area contributed by atoms with E-state index >= 15 is 0 Å². The molecule has 6 heteroatoms. The average molecular weight is 421 g/mol. The summed E-state index contributed by atoms with van der Waals surface area (Å²) in [6.45, 7) is 2.64. The molecule has 4 aromatic rings. The minimum absolute atomic E-state index is 0.222. The zero-order valence-electron chi connectivity index (χ0n) is 16.6. The first-order valence-corrected chi connectivity index (χ1v) is 10.7. The van der Waals surface area contributed by atoms with Gasteiger partial charge in [-0.1, -0.05) is 23.7 Å². The molecule has 152 valence electrons. The molecule has 3 aromatic heterocycles. The van der Waals surface area contributed by atoms with Crippen LogP contribution in [-0.4, -0.2) is 27.6 Å². The highest BCUT2D eigenvalue weighted by atomic mass is 35.5. The van der Waals surface area contributed by atoms with E-state index in [4.69, 9.17) is 11.6 Å². The number of rotatable bonds is 4. The Bertz CT molecular complexity index is 1200. The molecule has 1 aliphatic heterocycles. The van der Waals surface area contributed by atoms with Crippen LogP contribution in [-0.2, 0) is 6.54 Å². The number of pyridine rings is 2. The Balaban J connectivity index is 1.52. The smallest absolute Gasteiger partial charge is 0.129 e. The quantitative estimate of drug-likeness (QED) is 0.410. The molecule has 0 N–H and O–H groups in total. The van der Waals surface area contributed by atoms with Crippen molar-refractivity contribution in [2.45, 2.75) is 25.8 Å². The summed E-state index contributed by atoms with van der Waals surface area (Å²) in [6, 6.07) is 12.8. The number of halogens is 2. The van der Waals surface area contributed by atoms with E-state index in [1.165, 1.54) is 25.3 Å². The van der Waals surface area contributed by atoms with E-state index in [2.05, 4.69) is 25.5 Å². The fraction of sp³-hybridized carbons (Fsp3) is 0.250. The molecule has 0 radical (unpaired) electrons. The van der Waals surface area contributed by atoms with Crippen molar-refractivity contribution in [1.82, 2.24) is 14.5 Å². The lowest BCUT2D eigenvalue weighted by Gasteiger charge is -2.28. The molecule has 0 atom stereocenters. The average Bonchev–Trinajstić information content (AvgIpc) is 3.17. The van der Waals surface area contributed by atoms with Gasteiger partial charge in [-0.2, -0.15) is 0 Å². The van der Waals surface area contributed by atoms with E-state index in [9.17, 15) is 4.39 Å². The van der Waals surface area contributed by atoms with Gasteiger partial charge < -0.3 is 9.47 Å². The van der Waals surface area contributed by atoms with Gasteiger partial charge in [0.1, 0.15) is 11.6 Å². The van der Waals surface area contributed by atoms with Gasteiger partial charge in [0.15, 0.2) is 0 Å². The minimum Gasteiger partial charge on any atom is -0.357 e. The highest BCUT2D eigenvalue weighted by Crippen LogP contribution is 2.32. The normalized spacial score (nSPS) is 14.4. The molecule has 0 aliphatic carbocycles. The summed E-state index contributed by atoms with van der Waals surface area (Å²) < 4.78 is 15.7. The summed E-state index contributed by atoms with van der Waals surface area (Å²) in [5.74, 6) is 0.728. The molecule has 4 nitrogen and oxygen atoms in total. The van der Waals surface area contributed by atoms with Crippen molar-refractivity contribution in [2.24, 2.45) is 0 Å². The maximum Gasteiger partial charge on any atom is 0.129 e. The first kappa shape index (κ1) is 19.1. The molecule has 4 heterocycles. The standard InChI is InChI=1S/C24H22ClFN4/c25-21-15-28-24(29-8-2-1-3-9-29)12-20(21)22-13-23-18(14-27-22)7-10-30(23)16-17-5-4-6-19(26)11-17/h4-7,10-15H,1-3,8-9,16H2. The lowest BCUT2D eigenvalue weighted by atomic mass is 10.1. The summed E-state index contributed by atoms with van der Waals surface area (Å²) in [6.07, 6.45) is 9.25. The van der Waals surface area contributed by atoms with Crippen molar-refractivity contribution < 1.29 is 4.39 Å². The minimum atomic E-state index is -0.222. The fourth-order valence-electron chi connectivity index (χ4n) is 4.12. The Morgan fingerprint density at radius 2 is 1.83 bits per heavy atom. The first-order chi connectivity index (χ1) is 14.7. The van der Waals surface area contributed by atoms with Gasteiger partial charge in [0.25, 0.3) is 0 Å². The van der Waals surface area contributed by atoms with Gasteiger partial charge in [-0.15, -0.1) is 0 Å². The summed E-state index contributed by atoms with van der Waals surface area (Å²) in [4.78, 5) is 11.5. The third-order valence-electron chi connectivity index (χ3n) is 5.69. The van der Waals surface area contributed by atoms with Crippen LogP contribution in [0.4, 0.5) is 10.2 Å². The summed E-state index contributed by atoms with van der Waals surface area (Å²) in [7, 11) is 0. The van der Waals surface area contributed by atoms with Crippen molar-refractivity contribution >= 4 is 28.3 Å². The summed E-state index contributed by atoms with van der Waals surface area (Å²) in [5, 5.41) is 1.63. The number of benzene rings is 1. The lowest BCUT2D eigenvalue weighted by Crippen LogP contribution is -2.30. The zero-order valence-corrected chi connectivity index (χ0v) is 17.3. The monoisotopic (exact) mass is 420 g/mol. The molecule has 0 spiro atoms. The molecule has 1 aliphatic rings. The molecule has 5 rings (SSSR count). The summed E-state index contributed by atoms with van der Waals surface area (Å²) in [5.41, 5.74) is 3.65. The van der Waals surface area contributed by atoms with E-state index in [0.717, 1.165) is 46.6 Å². The number of nitrogens with zero attached hydrogens (tertiary/aromatic N) is 4. The molecule has 30 heavy (non-hydrogen) atoms. The second kappa shape index (κ2) is 8.07. The van der Waals surface area contributed by atoms with Crippen LogP contribution in [0.2, 0.25) is 5.02 Å². The topological polar surface area (TPSA) is 34.0 Å². The van der Waals surface area contributed by atoms with E-state index < -0.39 is 0 Å². The van der Waals surface area contributed by atoms with E-state index in [1.54, 1.807) is 18.3 Å². The number of hydrogen-bond donors (Lipinski definition) is 0. The third kappa shape index (κ3) is 3.77. The molecule has 0 amide bonds. The molecule has 0 bridgehead atoms. The van der Waals surface area contributed by atoms with Crippen molar-refractivity contribution in [3.63, 3.8) is 0 Å². The second-order valence-electron chi connectivity index (χ2n) is 7.77. The predicted molar refractivity (Wildman–Crippen MR) is 120 cm³/mol. The van der Waals surface area contributed by atoms with Crippen molar-refractivity contribution in [3.05, 3.63) is 77.5 Å². The van der Waals surface area contributed by atoms with Gasteiger partial charge in [-0.3, -0.25) is 4.98 Å². The van der Waals surface area contributed by atoms with Crippen LogP contribution in [0.15, 0.2) is 61.1 Å². The Labute approximate surface area is 179 Å². The van der Waals surface area contributed by atoms with Gasteiger partial charge in [-0.05, 0) is 55.2 Å². The number of fused-ring (bicyclic) bond motifs is 1. The van der Waals surface area contributed by atoms with Crippen LogP contribution in [0.5, 0.6) is 0 Å². The Morgan fingerprint density at radius 3 is 2.67 bits per heavy atom. The SMILES string of the molecule is Fc1cccc(Cn2ccc3cnc(-c4cc(N5CCCCC5)ncc4Cl)cc32)c1. The Hall–Kier alpha value is -2.92. The molecule has 1 saturated heterocycles. The maximum atomic E-state index is 13.6. The van der Waals surface area contributed by atoms with Crippen molar-refractivity contribution in [1.29, 1.82) is 0 Å². The van der Waals surface area contributed by atoms with Crippen LogP contribution in [0.25, 0.3) is 22.2 Å². The fourth-order valence-corrected chi connectivity index (χ4v) is 4.32. The van der Waals surface area contributed by atoms with E-state index in [-0.39, 0.29) is 5.82 Å². The molecule has 1 fully saturated rings. The zero-order chi connectivity index (χ0) is 20.5. The van der Waals surface area contributed by atoms with Crippen molar-refractivity contribution in [2.75, 3.05) is 18.0 Å².